The van der Waals surface area contributed by atoms with Crippen LogP contribution < -0.4 is 9.47 Å². The lowest BCUT2D eigenvalue weighted by molar-refractivity contribution is -0.155. The van der Waals surface area contributed by atoms with Crippen LogP contribution in [-0.2, 0) is 38.1 Å². The zero-order valence-electron chi connectivity index (χ0n) is 34.6. The zero-order chi connectivity index (χ0) is 41.1. The molecule has 1 unspecified atom stereocenters. The molecule has 58 heavy (non-hydrogen) atoms. The van der Waals surface area contributed by atoms with E-state index in [4.69, 9.17) is 45.0 Å². The number of fused-ring (bicyclic) bond motifs is 4. The van der Waals surface area contributed by atoms with Crippen LogP contribution in [0.4, 0.5) is 0 Å². The van der Waals surface area contributed by atoms with Crippen molar-refractivity contribution in [3.63, 3.8) is 0 Å². The Balaban J connectivity index is 1.18. The summed E-state index contributed by atoms with van der Waals surface area (Å²) in [5.74, 6) is 0.515. The first-order valence-corrected chi connectivity index (χ1v) is 21.5. The van der Waals surface area contributed by atoms with Gasteiger partial charge in [0.1, 0.15) is 35.3 Å². The number of carbonyl (C=O) groups excluding carboxylic acids is 4. The zero-order valence-corrected chi connectivity index (χ0v) is 35.4. The van der Waals surface area contributed by atoms with Crippen LogP contribution in [0.3, 0.4) is 0 Å². The van der Waals surface area contributed by atoms with Crippen LogP contribution in [0.1, 0.15) is 109 Å². The van der Waals surface area contributed by atoms with E-state index >= 15 is 0 Å². The van der Waals surface area contributed by atoms with Crippen molar-refractivity contribution >= 4 is 52.2 Å². The van der Waals surface area contributed by atoms with Gasteiger partial charge in [0.25, 0.3) is 0 Å². The molecule has 1 aromatic carbocycles. The molecule has 1 aromatic heterocycles. The molecule has 3 heterocycles. The minimum absolute atomic E-state index is 0.00345. The molecule has 2 aliphatic heterocycles. The van der Waals surface area contributed by atoms with E-state index in [0.29, 0.717) is 57.8 Å². The highest BCUT2D eigenvalue weighted by Gasteiger charge is 2.62. The van der Waals surface area contributed by atoms with Crippen molar-refractivity contribution in [3.05, 3.63) is 34.5 Å². The SMILES string of the molecule is COC(=O)[C@]12CC(=O)[C@@H]3C[C@@H](Oc4cc(C=C(C)C)nc5c(Cl)c(OCC(OC)OC)ccc45)CN3C(=O)[C@@H](CC(=O)OC3C[C@@H]4C[C@@H]4C3)CCCCCCC[C@@H]1C2. The van der Waals surface area contributed by atoms with Gasteiger partial charge in [0.05, 0.1) is 42.7 Å². The van der Waals surface area contributed by atoms with Gasteiger partial charge in [0, 0.05) is 44.4 Å². The van der Waals surface area contributed by atoms with Gasteiger partial charge in [-0.05, 0) is 88.3 Å². The number of Topliss-reactive ketones (excluding diaryl/α,β-unsaturated/α-hetero) is 1. The molecule has 0 bridgehead atoms. The third-order valence-electron chi connectivity index (χ3n) is 13.1. The molecule has 2 aromatic rings. The molecule has 0 N–H and O–H groups in total. The van der Waals surface area contributed by atoms with E-state index in [2.05, 4.69) is 0 Å². The molecule has 316 valence electrons. The van der Waals surface area contributed by atoms with Crippen molar-refractivity contribution in [2.24, 2.45) is 29.1 Å². The Hall–Kier alpha value is -3.74. The number of nitrogens with zero attached hydrogens (tertiary/aromatic N) is 2. The number of pyridine rings is 1. The Morgan fingerprint density at radius 2 is 1.67 bits per heavy atom. The number of halogens is 1. The molecule has 1 amide bonds. The quantitative estimate of drug-likeness (QED) is 0.153. The molecule has 0 spiro atoms. The van der Waals surface area contributed by atoms with E-state index in [9.17, 15) is 19.2 Å². The number of allylic oxidation sites excluding steroid dienone is 1. The number of ketones is 1. The predicted molar refractivity (Wildman–Crippen MR) is 217 cm³/mol. The number of rotatable bonds is 12. The minimum atomic E-state index is -0.880. The fourth-order valence-corrected chi connectivity index (χ4v) is 10.0. The van der Waals surface area contributed by atoms with Gasteiger partial charge in [-0.25, -0.2) is 4.98 Å². The topological polar surface area (TPSA) is 140 Å². The highest BCUT2D eigenvalue weighted by atomic mass is 35.5. The van der Waals surface area contributed by atoms with E-state index in [0.717, 1.165) is 56.9 Å². The maximum absolute atomic E-state index is 14.8. The number of hydrogen-bond donors (Lipinski definition) is 0. The Morgan fingerprint density at radius 1 is 0.948 bits per heavy atom. The number of hydrogen-bond acceptors (Lipinski definition) is 11. The van der Waals surface area contributed by atoms with Gasteiger partial charge >= 0.3 is 11.9 Å². The fourth-order valence-electron chi connectivity index (χ4n) is 9.79. The monoisotopic (exact) mass is 822 g/mol. The summed E-state index contributed by atoms with van der Waals surface area (Å²) in [4.78, 5) is 62.5. The van der Waals surface area contributed by atoms with Crippen LogP contribution in [0.25, 0.3) is 17.0 Å². The number of amides is 1. The summed E-state index contributed by atoms with van der Waals surface area (Å²) >= 11 is 6.94. The second-order valence-electron chi connectivity index (χ2n) is 17.5. The number of carbonyl (C=O) groups is 4. The minimum Gasteiger partial charge on any atom is -0.488 e. The van der Waals surface area contributed by atoms with E-state index in [-0.39, 0.29) is 68.1 Å². The van der Waals surface area contributed by atoms with Gasteiger partial charge in [-0.2, -0.15) is 0 Å². The molecule has 7 rings (SSSR count). The Labute approximate surface area is 346 Å². The lowest BCUT2D eigenvalue weighted by Crippen LogP contribution is -2.45. The smallest absolute Gasteiger partial charge is 0.312 e. The van der Waals surface area contributed by atoms with Gasteiger partial charge in [0.2, 0.25) is 5.91 Å². The first-order valence-electron chi connectivity index (χ1n) is 21.2. The summed E-state index contributed by atoms with van der Waals surface area (Å²) in [6.45, 7) is 4.18. The van der Waals surface area contributed by atoms with Crippen molar-refractivity contribution in [3.8, 4) is 11.5 Å². The van der Waals surface area contributed by atoms with E-state index < -0.39 is 29.8 Å². The second kappa shape index (κ2) is 18.3. The standard InChI is InChI=1S/C45H59ClN2O10/c1-26(2)15-31-20-38(34-13-14-37(41(46)42(34)47-31)56-25-40(53-3)54-4)57-33-21-35-36(49)23-45(44(52)55-5)22-30(45)12-10-8-6-7-9-11-27(43(51)48(35)24-33)19-39(50)58-32-17-28-16-29(28)18-32/h13-15,20,27-30,32-33,35,40H,6-12,16-19,21-25H2,1-5H3/t27-,28-,29+,30-,32?,33-,35+,45-/m1/s1. The molecule has 2 saturated heterocycles. The van der Waals surface area contributed by atoms with Crippen molar-refractivity contribution in [2.45, 2.75) is 128 Å². The molecule has 3 saturated carbocycles. The van der Waals surface area contributed by atoms with Crippen LogP contribution in [0.15, 0.2) is 23.8 Å². The van der Waals surface area contributed by atoms with Gasteiger partial charge in [-0.15, -0.1) is 0 Å². The van der Waals surface area contributed by atoms with E-state index in [1.807, 2.05) is 32.1 Å². The van der Waals surface area contributed by atoms with Gasteiger partial charge in [0.15, 0.2) is 12.1 Å². The van der Waals surface area contributed by atoms with Crippen LogP contribution in [0.5, 0.6) is 11.5 Å². The van der Waals surface area contributed by atoms with Crippen molar-refractivity contribution < 1.29 is 47.6 Å². The first-order chi connectivity index (χ1) is 27.9. The van der Waals surface area contributed by atoms with E-state index in [1.165, 1.54) is 27.8 Å². The van der Waals surface area contributed by atoms with Gasteiger partial charge in [-0.3, -0.25) is 19.2 Å². The molecule has 13 heteroatoms. The Kier molecular flexibility index (Phi) is 13.3. The van der Waals surface area contributed by atoms with Crippen LogP contribution in [-0.4, -0.2) is 92.5 Å². The van der Waals surface area contributed by atoms with Crippen LogP contribution >= 0.6 is 11.6 Å². The number of ether oxygens (including phenoxy) is 6. The number of methoxy groups -OCH3 is 3. The lowest BCUT2D eigenvalue weighted by atomic mass is 9.90. The molecular weight excluding hydrogens is 764 g/mol. The maximum atomic E-state index is 14.8. The molecule has 3 aliphatic carbocycles. The summed E-state index contributed by atoms with van der Waals surface area (Å²) in [6, 6.07) is 4.57. The Morgan fingerprint density at radius 3 is 2.38 bits per heavy atom. The second-order valence-corrected chi connectivity index (χ2v) is 17.9. The number of aromatic nitrogens is 1. The van der Waals surface area contributed by atoms with Crippen LogP contribution in [0.2, 0.25) is 5.02 Å². The highest BCUT2D eigenvalue weighted by Crippen LogP contribution is 2.59. The summed E-state index contributed by atoms with van der Waals surface area (Å²) < 4.78 is 34.5. The summed E-state index contributed by atoms with van der Waals surface area (Å²) in [5, 5.41) is 0.925. The average molecular weight is 823 g/mol. The third kappa shape index (κ3) is 9.49. The van der Waals surface area contributed by atoms with Crippen molar-refractivity contribution in [1.29, 1.82) is 0 Å². The fraction of sp³-hybridized carbons (Fsp3) is 0.667. The molecule has 0 radical (unpaired) electrons. The lowest BCUT2D eigenvalue weighted by Gasteiger charge is -2.29. The number of benzene rings is 1. The van der Waals surface area contributed by atoms with Crippen LogP contribution in [0, 0.1) is 29.1 Å². The Bertz CT molecular complexity index is 1880. The highest BCUT2D eigenvalue weighted by molar-refractivity contribution is 6.36. The van der Waals surface area contributed by atoms with Crippen molar-refractivity contribution in [2.75, 3.05) is 34.5 Å². The molecule has 12 nitrogen and oxygen atoms in total. The summed E-state index contributed by atoms with van der Waals surface area (Å²) in [6.07, 6.45) is 10.6. The summed E-state index contributed by atoms with van der Waals surface area (Å²) in [5.41, 5.74) is 1.22. The molecule has 8 atom stereocenters. The predicted octanol–water partition coefficient (Wildman–Crippen LogP) is 7.89. The largest absolute Gasteiger partial charge is 0.488 e. The normalized spacial score (nSPS) is 29.8. The third-order valence-corrected chi connectivity index (χ3v) is 13.5. The number of esters is 2. The first kappa shape index (κ1) is 42.4. The van der Waals surface area contributed by atoms with E-state index in [1.54, 1.807) is 11.0 Å². The molecular formula is C45H59ClN2O10. The average Bonchev–Trinajstić information content (AvgIpc) is 3.99. The van der Waals surface area contributed by atoms with Gasteiger partial charge in [-0.1, -0.05) is 49.3 Å². The molecule has 5 aliphatic rings. The van der Waals surface area contributed by atoms with Crippen molar-refractivity contribution in [1.82, 2.24) is 9.88 Å². The molecule has 5 fully saturated rings. The van der Waals surface area contributed by atoms with Gasteiger partial charge < -0.3 is 33.3 Å². The summed E-state index contributed by atoms with van der Waals surface area (Å²) in [7, 11) is 4.43. The maximum Gasteiger partial charge on any atom is 0.312 e.